The normalized spacial score (nSPS) is 10.2. The van der Waals surface area contributed by atoms with Crippen molar-refractivity contribution in [1.29, 1.82) is 0 Å². The molecule has 21 heavy (non-hydrogen) atoms. The minimum absolute atomic E-state index is 0.154. The van der Waals surface area contributed by atoms with Gasteiger partial charge in [0.1, 0.15) is 23.7 Å². The molecule has 0 saturated carbocycles. The van der Waals surface area contributed by atoms with Gasteiger partial charge in [-0.3, -0.25) is 0 Å². The Morgan fingerprint density at radius 1 is 1.29 bits per heavy atom. The minimum atomic E-state index is -1.01. The predicted octanol–water partition coefficient (Wildman–Crippen LogP) is 4.34. The summed E-state index contributed by atoms with van der Waals surface area (Å²) in [5, 5.41) is 9.21. The molecule has 0 unspecified atom stereocenters. The molecular formula is C15H12BrIO4. The highest BCUT2D eigenvalue weighted by Crippen LogP contribution is 2.26. The fourth-order valence-electron chi connectivity index (χ4n) is 1.74. The Morgan fingerprint density at radius 3 is 2.71 bits per heavy atom. The van der Waals surface area contributed by atoms with E-state index in [4.69, 9.17) is 9.47 Å². The van der Waals surface area contributed by atoms with Gasteiger partial charge in [-0.15, -0.1) is 0 Å². The van der Waals surface area contributed by atoms with E-state index in [9.17, 15) is 9.90 Å². The second kappa shape index (κ2) is 7.13. The van der Waals surface area contributed by atoms with E-state index in [2.05, 4.69) is 38.5 Å². The number of carbonyl (C=O) groups is 1. The molecule has 0 aliphatic rings. The molecule has 0 saturated heterocycles. The number of hydrogen-bond donors (Lipinski definition) is 1. The van der Waals surface area contributed by atoms with Crippen molar-refractivity contribution in [3.05, 3.63) is 55.6 Å². The average molecular weight is 463 g/mol. The van der Waals surface area contributed by atoms with E-state index in [-0.39, 0.29) is 12.2 Å². The maximum Gasteiger partial charge on any atom is 0.339 e. The molecular weight excluding hydrogens is 451 g/mol. The van der Waals surface area contributed by atoms with Crippen LogP contribution >= 0.6 is 38.5 Å². The first-order chi connectivity index (χ1) is 10.0. The smallest absolute Gasteiger partial charge is 0.339 e. The molecule has 0 aromatic heterocycles. The van der Waals surface area contributed by atoms with Crippen molar-refractivity contribution >= 4 is 44.5 Å². The largest absolute Gasteiger partial charge is 0.497 e. The Morgan fingerprint density at radius 2 is 2.05 bits per heavy atom. The Hall–Kier alpha value is -1.28. The van der Waals surface area contributed by atoms with Crippen LogP contribution in [0.3, 0.4) is 0 Å². The summed E-state index contributed by atoms with van der Waals surface area (Å²) in [7, 11) is 1.59. The molecule has 6 heteroatoms. The molecule has 0 aliphatic heterocycles. The number of ether oxygens (including phenoxy) is 2. The summed E-state index contributed by atoms with van der Waals surface area (Å²) in [6.07, 6.45) is 0. The lowest BCUT2D eigenvalue weighted by Crippen LogP contribution is -2.04. The highest BCUT2D eigenvalue weighted by molar-refractivity contribution is 14.1. The quantitative estimate of drug-likeness (QED) is 0.671. The van der Waals surface area contributed by atoms with Gasteiger partial charge in [-0.05, 0) is 59.0 Å². The summed E-state index contributed by atoms with van der Waals surface area (Å²) in [5.74, 6) is 0.0590. The zero-order valence-electron chi connectivity index (χ0n) is 11.1. The summed E-state index contributed by atoms with van der Waals surface area (Å²) in [4.78, 5) is 11.2. The molecule has 2 rings (SSSR count). The first-order valence-electron chi connectivity index (χ1n) is 5.99. The molecule has 0 fully saturated rings. The van der Waals surface area contributed by atoms with Crippen LogP contribution < -0.4 is 9.47 Å². The maximum absolute atomic E-state index is 11.2. The zero-order valence-corrected chi connectivity index (χ0v) is 14.8. The zero-order chi connectivity index (χ0) is 15.4. The topological polar surface area (TPSA) is 55.8 Å². The van der Waals surface area contributed by atoms with Crippen molar-refractivity contribution in [3.8, 4) is 11.5 Å². The molecule has 0 bridgehead atoms. The van der Waals surface area contributed by atoms with E-state index >= 15 is 0 Å². The third-order valence-electron chi connectivity index (χ3n) is 2.81. The van der Waals surface area contributed by atoms with Crippen molar-refractivity contribution in [3.63, 3.8) is 0 Å². The van der Waals surface area contributed by atoms with Gasteiger partial charge in [-0.1, -0.05) is 15.9 Å². The summed E-state index contributed by atoms with van der Waals surface area (Å²) in [6.45, 7) is 0.249. The van der Waals surface area contributed by atoms with E-state index in [1.165, 1.54) is 0 Å². The summed E-state index contributed by atoms with van der Waals surface area (Å²) >= 11 is 5.51. The van der Waals surface area contributed by atoms with Crippen LogP contribution in [0.1, 0.15) is 15.9 Å². The summed E-state index contributed by atoms with van der Waals surface area (Å²) in [5.41, 5.74) is 1.03. The number of hydrogen-bond acceptors (Lipinski definition) is 3. The van der Waals surface area contributed by atoms with Gasteiger partial charge in [0.05, 0.1) is 7.11 Å². The van der Waals surface area contributed by atoms with Crippen LogP contribution in [-0.2, 0) is 6.61 Å². The fourth-order valence-corrected chi connectivity index (χ4v) is 2.59. The number of benzene rings is 2. The number of carboxylic acids is 1. The van der Waals surface area contributed by atoms with Gasteiger partial charge in [0, 0.05) is 13.6 Å². The van der Waals surface area contributed by atoms with Gasteiger partial charge in [-0.2, -0.15) is 0 Å². The SMILES string of the molecule is COc1ccc(Br)c(COc2ccc(I)cc2C(=O)O)c1. The Kier molecular flexibility index (Phi) is 5.46. The van der Waals surface area contributed by atoms with Crippen molar-refractivity contribution in [2.75, 3.05) is 7.11 Å². The van der Waals surface area contributed by atoms with Gasteiger partial charge in [0.15, 0.2) is 0 Å². The Bertz CT molecular complexity index is 673. The van der Waals surface area contributed by atoms with E-state index in [1.807, 2.05) is 24.3 Å². The molecule has 1 N–H and O–H groups in total. The van der Waals surface area contributed by atoms with Gasteiger partial charge >= 0.3 is 5.97 Å². The summed E-state index contributed by atoms with van der Waals surface area (Å²) in [6, 6.07) is 10.6. The molecule has 0 spiro atoms. The monoisotopic (exact) mass is 462 g/mol. The lowest BCUT2D eigenvalue weighted by Gasteiger charge is -2.11. The minimum Gasteiger partial charge on any atom is -0.497 e. The van der Waals surface area contributed by atoms with Crippen LogP contribution in [0.25, 0.3) is 0 Å². The average Bonchev–Trinajstić information content (AvgIpc) is 2.47. The van der Waals surface area contributed by atoms with Crippen molar-refractivity contribution < 1.29 is 19.4 Å². The highest BCUT2D eigenvalue weighted by Gasteiger charge is 2.12. The number of rotatable bonds is 5. The van der Waals surface area contributed by atoms with Gasteiger partial charge in [-0.25, -0.2) is 4.79 Å². The standard InChI is InChI=1S/C15H12BrIO4/c1-20-11-3-4-13(16)9(6-11)8-21-14-5-2-10(17)7-12(14)15(18)19/h2-7H,8H2,1H3,(H,18,19). The fraction of sp³-hybridized carbons (Fsp3) is 0.133. The van der Waals surface area contributed by atoms with Crippen LogP contribution in [0.5, 0.6) is 11.5 Å². The first kappa shape index (κ1) is 16.1. The second-order valence-electron chi connectivity index (χ2n) is 4.19. The van der Waals surface area contributed by atoms with Gasteiger partial charge in [0.2, 0.25) is 0 Å². The third kappa shape index (κ3) is 4.10. The summed E-state index contributed by atoms with van der Waals surface area (Å²) < 4.78 is 12.5. The first-order valence-corrected chi connectivity index (χ1v) is 7.86. The maximum atomic E-state index is 11.2. The number of carboxylic acid groups (broad SMARTS) is 1. The van der Waals surface area contributed by atoms with Crippen LogP contribution in [-0.4, -0.2) is 18.2 Å². The molecule has 2 aromatic rings. The molecule has 4 nitrogen and oxygen atoms in total. The highest BCUT2D eigenvalue weighted by atomic mass is 127. The van der Waals surface area contributed by atoms with E-state index < -0.39 is 5.97 Å². The van der Waals surface area contributed by atoms with E-state index in [1.54, 1.807) is 19.2 Å². The lowest BCUT2D eigenvalue weighted by atomic mass is 10.2. The van der Waals surface area contributed by atoms with Crippen LogP contribution in [0.15, 0.2) is 40.9 Å². The van der Waals surface area contributed by atoms with Crippen molar-refractivity contribution in [2.24, 2.45) is 0 Å². The third-order valence-corrected chi connectivity index (χ3v) is 4.25. The molecule has 110 valence electrons. The molecule has 0 amide bonds. The van der Waals surface area contributed by atoms with E-state index in [0.29, 0.717) is 5.75 Å². The Balaban J connectivity index is 2.22. The van der Waals surface area contributed by atoms with Crippen LogP contribution in [0.4, 0.5) is 0 Å². The second-order valence-corrected chi connectivity index (χ2v) is 6.29. The Labute approximate surface area is 144 Å². The lowest BCUT2D eigenvalue weighted by molar-refractivity contribution is 0.0691. The number of aromatic carboxylic acids is 1. The van der Waals surface area contributed by atoms with E-state index in [0.717, 1.165) is 19.4 Å². The number of methoxy groups -OCH3 is 1. The number of halogens is 2. The molecule has 0 heterocycles. The van der Waals surface area contributed by atoms with Crippen LogP contribution in [0.2, 0.25) is 0 Å². The van der Waals surface area contributed by atoms with Gasteiger partial charge < -0.3 is 14.6 Å². The van der Waals surface area contributed by atoms with Crippen molar-refractivity contribution in [2.45, 2.75) is 6.61 Å². The molecule has 0 atom stereocenters. The molecule has 0 aliphatic carbocycles. The van der Waals surface area contributed by atoms with Gasteiger partial charge in [0.25, 0.3) is 0 Å². The molecule has 2 aromatic carbocycles. The molecule has 0 radical (unpaired) electrons. The predicted molar refractivity (Wildman–Crippen MR) is 91.1 cm³/mol. The van der Waals surface area contributed by atoms with Crippen LogP contribution in [0, 0.1) is 3.57 Å². The van der Waals surface area contributed by atoms with Crippen molar-refractivity contribution in [1.82, 2.24) is 0 Å².